The van der Waals surface area contributed by atoms with Crippen molar-refractivity contribution < 1.29 is 36.2 Å². The van der Waals surface area contributed by atoms with Crippen LogP contribution in [0, 0.1) is 0 Å². The van der Waals surface area contributed by atoms with Crippen molar-refractivity contribution in [2.24, 2.45) is 0 Å². The minimum Gasteiger partial charge on any atom is -0.475 e. The predicted molar refractivity (Wildman–Crippen MR) is 59.4 cm³/mol. The Morgan fingerprint density at radius 2 is 1.67 bits per heavy atom. The molecule has 0 atom stereocenters. The second-order valence-electron chi connectivity index (χ2n) is 3.40. The summed E-state index contributed by atoms with van der Waals surface area (Å²) >= 11 is 3.07. The molecule has 0 saturated carbocycles. The lowest BCUT2D eigenvalue weighted by Gasteiger charge is -2.03. The van der Waals surface area contributed by atoms with Gasteiger partial charge in [-0.15, -0.1) is 10.2 Å². The molecule has 1 N–H and O–H groups in total. The van der Waals surface area contributed by atoms with Gasteiger partial charge in [0, 0.05) is 10.7 Å². The largest absolute Gasteiger partial charge is 0.490 e. The van der Waals surface area contributed by atoms with E-state index in [4.69, 9.17) is 9.90 Å². The number of pyridine rings is 1. The molecule has 0 saturated heterocycles. The lowest BCUT2D eigenvalue weighted by Crippen LogP contribution is -2.21. The van der Waals surface area contributed by atoms with Gasteiger partial charge in [-0.25, -0.2) is 4.79 Å². The van der Waals surface area contributed by atoms with Gasteiger partial charge in [0.2, 0.25) is 5.82 Å². The Kier molecular flexibility index (Phi) is 4.81. The zero-order chi connectivity index (χ0) is 16.4. The van der Waals surface area contributed by atoms with E-state index >= 15 is 0 Å². The molecule has 0 fully saturated rings. The highest BCUT2D eigenvalue weighted by Crippen LogP contribution is 2.28. The maximum absolute atomic E-state index is 12.3. The molecule has 2 heterocycles. The Labute approximate surface area is 120 Å². The second-order valence-corrected chi connectivity index (χ2v) is 4.32. The van der Waals surface area contributed by atoms with E-state index in [0.29, 0.717) is 4.47 Å². The summed E-state index contributed by atoms with van der Waals surface area (Å²) in [6.07, 6.45) is -8.29. The summed E-state index contributed by atoms with van der Waals surface area (Å²) in [5.41, 5.74) is 0.167. The van der Waals surface area contributed by atoms with Gasteiger partial charge in [-0.1, -0.05) is 0 Å². The summed E-state index contributed by atoms with van der Waals surface area (Å²) in [6.45, 7) is 0. The first-order valence-electron chi connectivity index (χ1n) is 4.80. The molecule has 0 aliphatic heterocycles. The zero-order valence-corrected chi connectivity index (χ0v) is 11.2. The molecular formula is C9H4BrF6N3O2. The van der Waals surface area contributed by atoms with Crippen molar-refractivity contribution in [3.63, 3.8) is 0 Å². The molecule has 0 aliphatic carbocycles. The molecule has 0 radical (unpaired) electrons. The fourth-order valence-electron chi connectivity index (χ4n) is 1.06. The molecule has 21 heavy (non-hydrogen) atoms. The highest BCUT2D eigenvalue weighted by molar-refractivity contribution is 9.10. The Morgan fingerprint density at radius 1 is 1.14 bits per heavy atom. The fraction of sp³-hybridized carbons (Fsp3) is 0.222. The van der Waals surface area contributed by atoms with E-state index in [-0.39, 0.29) is 5.65 Å². The summed E-state index contributed by atoms with van der Waals surface area (Å²) in [6, 6.07) is 3.05. The predicted octanol–water partition coefficient (Wildman–Crippen LogP) is 3.14. The third-order valence-electron chi connectivity index (χ3n) is 1.86. The number of fused-ring (bicyclic) bond motifs is 1. The Bertz CT molecular complexity index is 651. The van der Waals surface area contributed by atoms with Crippen LogP contribution in [0.5, 0.6) is 0 Å². The zero-order valence-electron chi connectivity index (χ0n) is 9.57. The van der Waals surface area contributed by atoms with Crippen molar-refractivity contribution in [1.29, 1.82) is 0 Å². The molecule has 0 spiro atoms. The third-order valence-corrected chi connectivity index (χ3v) is 2.33. The molecule has 0 aromatic carbocycles. The van der Waals surface area contributed by atoms with Crippen LogP contribution in [0.15, 0.2) is 22.8 Å². The van der Waals surface area contributed by atoms with Crippen LogP contribution in [0.1, 0.15) is 5.82 Å². The van der Waals surface area contributed by atoms with Crippen LogP contribution in [-0.4, -0.2) is 31.9 Å². The van der Waals surface area contributed by atoms with Gasteiger partial charge in [-0.05, 0) is 28.1 Å². The van der Waals surface area contributed by atoms with Crippen molar-refractivity contribution >= 4 is 27.5 Å². The summed E-state index contributed by atoms with van der Waals surface area (Å²) in [5.74, 6) is -3.78. The van der Waals surface area contributed by atoms with Gasteiger partial charge in [0.1, 0.15) is 0 Å². The van der Waals surface area contributed by atoms with Gasteiger partial charge in [0.25, 0.3) is 0 Å². The maximum Gasteiger partial charge on any atom is 0.490 e. The Balaban J connectivity index is 0.000000270. The van der Waals surface area contributed by atoms with E-state index < -0.39 is 24.1 Å². The minimum absolute atomic E-state index is 0.167. The summed E-state index contributed by atoms with van der Waals surface area (Å²) in [7, 11) is 0. The van der Waals surface area contributed by atoms with Crippen molar-refractivity contribution in [2.45, 2.75) is 12.4 Å². The number of carboxylic acids is 1. The Morgan fingerprint density at radius 3 is 2.10 bits per heavy atom. The number of halogens is 7. The number of carboxylic acid groups (broad SMARTS) is 1. The van der Waals surface area contributed by atoms with E-state index in [1.165, 1.54) is 12.3 Å². The SMILES string of the molecule is FC(F)(F)c1nnc2ccc(Br)cn12.O=C(O)C(F)(F)F. The molecule has 116 valence electrons. The van der Waals surface area contributed by atoms with Crippen LogP contribution < -0.4 is 0 Å². The third kappa shape index (κ3) is 4.58. The van der Waals surface area contributed by atoms with E-state index in [9.17, 15) is 26.3 Å². The van der Waals surface area contributed by atoms with Gasteiger partial charge < -0.3 is 5.11 Å². The van der Waals surface area contributed by atoms with E-state index in [1.54, 1.807) is 6.07 Å². The number of aliphatic carboxylic acids is 1. The fourth-order valence-corrected chi connectivity index (χ4v) is 1.40. The number of hydrogen-bond donors (Lipinski definition) is 1. The van der Waals surface area contributed by atoms with Crippen LogP contribution >= 0.6 is 15.9 Å². The topological polar surface area (TPSA) is 67.5 Å². The molecule has 12 heteroatoms. The minimum atomic E-state index is -5.08. The quantitative estimate of drug-likeness (QED) is 0.714. The normalized spacial score (nSPS) is 12.0. The average molecular weight is 380 g/mol. The van der Waals surface area contributed by atoms with Crippen molar-refractivity contribution in [2.75, 3.05) is 0 Å². The molecule has 0 unspecified atom stereocenters. The first-order chi connectivity index (χ1) is 9.43. The van der Waals surface area contributed by atoms with Gasteiger partial charge in [-0.2, -0.15) is 26.3 Å². The first-order valence-corrected chi connectivity index (χ1v) is 5.60. The number of hydrogen-bond acceptors (Lipinski definition) is 3. The summed E-state index contributed by atoms with van der Waals surface area (Å²) in [5, 5.41) is 13.6. The number of rotatable bonds is 0. The molecule has 2 aromatic heterocycles. The highest BCUT2D eigenvalue weighted by atomic mass is 79.9. The number of carbonyl (C=O) groups is 1. The molecule has 0 aliphatic rings. The summed E-state index contributed by atoms with van der Waals surface area (Å²) in [4.78, 5) is 8.90. The highest BCUT2D eigenvalue weighted by Gasteiger charge is 2.38. The molecule has 2 rings (SSSR count). The van der Waals surface area contributed by atoms with Crippen LogP contribution in [0.3, 0.4) is 0 Å². The van der Waals surface area contributed by atoms with Crippen molar-refractivity contribution in [3.8, 4) is 0 Å². The maximum atomic E-state index is 12.3. The van der Waals surface area contributed by atoms with Crippen LogP contribution in [-0.2, 0) is 11.0 Å². The lowest BCUT2D eigenvalue weighted by molar-refractivity contribution is -0.192. The second kappa shape index (κ2) is 5.87. The van der Waals surface area contributed by atoms with Crippen LogP contribution in [0.4, 0.5) is 26.3 Å². The molecule has 0 bridgehead atoms. The molecule has 0 amide bonds. The number of aromatic nitrogens is 3. The van der Waals surface area contributed by atoms with Gasteiger partial charge >= 0.3 is 18.3 Å². The van der Waals surface area contributed by atoms with E-state index in [1.807, 2.05) is 0 Å². The Hall–Kier alpha value is -1.85. The van der Waals surface area contributed by atoms with Gasteiger partial charge in [0.15, 0.2) is 5.65 Å². The first kappa shape index (κ1) is 17.2. The number of nitrogens with zero attached hydrogens (tertiary/aromatic N) is 3. The van der Waals surface area contributed by atoms with E-state index in [0.717, 1.165) is 4.40 Å². The van der Waals surface area contributed by atoms with Crippen molar-refractivity contribution in [1.82, 2.24) is 14.6 Å². The van der Waals surface area contributed by atoms with Crippen molar-refractivity contribution in [3.05, 3.63) is 28.6 Å². The number of alkyl halides is 6. The standard InChI is InChI=1S/C7H3BrF3N3.C2HF3O2/c8-4-1-2-5-12-13-6(7(9,10)11)14(5)3-4;3-2(4,5)1(6)7/h1-3H;(H,6,7). The van der Waals surface area contributed by atoms with E-state index in [2.05, 4.69) is 26.1 Å². The van der Waals surface area contributed by atoms with Crippen LogP contribution in [0.25, 0.3) is 5.65 Å². The molecular weight excluding hydrogens is 376 g/mol. The summed E-state index contributed by atoms with van der Waals surface area (Å²) < 4.78 is 70.2. The monoisotopic (exact) mass is 379 g/mol. The molecule has 2 aromatic rings. The smallest absolute Gasteiger partial charge is 0.475 e. The average Bonchev–Trinajstić information content (AvgIpc) is 2.70. The van der Waals surface area contributed by atoms with Crippen LogP contribution in [0.2, 0.25) is 0 Å². The van der Waals surface area contributed by atoms with Gasteiger partial charge in [0.05, 0.1) is 0 Å². The lowest BCUT2D eigenvalue weighted by atomic mass is 10.4. The molecule has 5 nitrogen and oxygen atoms in total. The van der Waals surface area contributed by atoms with Gasteiger partial charge in [-0.3, -0.25) is 4.40 Å².